The van der Waals surface area contributed by atoms with E-state index in [0.717, 1.165) is 30.9 Å². The first-order chi connectivity index (χ1) is 8.71. The maximum Gasteiger partial charge on any atom is 0.233 e. The molecule has 2 N–H and O–H groups in total. The number of rotatable bonds is 7. The normalized spacial score (nSPS) is 10.4. The Labute approximate surface area is 109 Å². The van der Waals surface area contributed by atoms with Crippen LogP contribution >= 0.6 is 0 Å². The molecule has 0 saturated heterocycles. The van der Waals surface area contributed by atoms with E-state index < -0.39 is 0 Å². The van der Waals surface area contributed by atoms with Gasteiger partial charge in [0.1, 0.15) is 5.82 Å². The third kappa shape index (κ3) is 4.33. The smallest absolute Gasteiger partial charge is 0.233 e. The highest BCUT2D eigenvalue weighted by Gasteiger charge is 2.11. The second-order valence-electron chi connectivity index (χ2n) is 4.14. The average Bonchev–Trinajstić information content (AvgIpc) is 2.39. The zero-order chi connectivity index (χ0) is 13.4. The average molecular weight is 250 g/mol. The highest BCUT2D eigenvalue weighted by molar-refractivity contribution is 5.77. The van der Waals surface area contributed by atoms with E-state index in [1.54, 1.807) is 13.2 Å². The lowest BCUT2D eigenvalue weighted by Crippen LogP contribution is -2.35. The first kappa shape index (κ1) is 14.4. The van der Waals surface area contributed by atoms with Gasteiger partial charge in [-0.2, -0.15) is 0 Å². The zero-order valence-electron chi connectivity index (χ0n) is 11.4. The molecule has 0 aliphatic heterocycles. The Balaban J connectivity index is 2.72. The Hall–Kier alpha value is -1.62. The van der Waals surface area contributed by atoms with Gasteiger partial charge in [0.2, 0.25) is 5.91 Å². The van der Waals surface area contributed by atoms with Crippen molar-refractivity contribution in [3.05, 3.63) is 23.9 Å². The van der Waals surface area contributed by atoms with Gasteiger partial charge in [-0.1, -0.05) is 13.0 Å². The fraction of sp³-hybridized carbons (Fsp3) is 0.538. The molecule has 0 radical (unpaired) electrons. The summed E-state index contributed by atoms with van der Waals surface area (Å²) in [5.74, 6) is 0.911. The Kier molecular flexibility index (Phi) is 6.14. The van der Waals surface area contributed by atoms with Gasteiger partial charge in [-0.05, 0) is 19.0 Å². The molecule has 5 nitrogen and oxygen atoms in total. The summed E-state index contributed by atoms with van der Waals surface area (Å²) < 4.78 is 0. The van der Waals surface area contributed by atoms with Gasteiger partial charge in [0.25, 0.3) is 0 Å². The van der Waals surface area contributed by atoms with Gasteiger partial charge in [0.05, 0.1) is 6.54 Å². The van der Waals surface area contributed by atoms with Crippen molar-refractivity contribution in [2.24, 2.45) is 0 Å². The Morgan fingerprint density at radius 3 is 2.83 bits per heavy atom. The van der Waals surface area contributed by atoms with Crippen LogP contribution in [0.3, 0.4) is 0 Å². The minimum Gasteiger partial charge on any atom is -0.373 e. The van der Waals surface area contributed by atoms with Crippen LogP contribution in [0.4, 0.5) is 5.82 Å². The van der Waals surface area contributed by atoms with Crippen molar-refractivity contribution in [2.45, 2.75) is 19.9 Å². The number of nitrogens with one attached hydrogen (secondary N) is 2. The van der Waals surface area contributed by atoms with E-state index in [-0.39, 0.29) is 5.91 Å². The van der Waals surface area contributed by atoms with Gasteiger partial charge in [-0.3, -0.25) is 9.69 Å². The van der Waals surface area contributed by atoms with Crippen LogP contribution in [0.15, 0.2) is 18.3 Å². The molecule has 0 fully saturated rings. The maximum atomic E-state index is 11.5. The monoisotopic (exact) mass is 250 g/mol. The molecule has 5 heteroatoms. The third-order valence-electron chi connectivity index (χ3n) is 2.71. The van der Waals surface area contributed by atoms with Crippen molar-refractivity contribution >= 4 is 11.7 Å². The molecular weight excluding hydrogens is 228 g/mol. The van der Waals surface area contributed by atoms with E-state index in [0.29, 0.717) is 6.54 Å². The quantitative estimate of drug-likeness (QED) is 0.760. The molecule has 0 atom stereocenters. The molecule has 0 aliphatic carbocycles. The van der Waals surface area contributed by atoms with Crippen LogP contribution in [0.25, 0.3) is 0 Å². The molecule has 18 heavy (non-hydrogen) atoms. The number of carbonyl (C=O) groups is 1. The summed E-state index contributed by atoms with van der Waals surface area (Å²) in [5, 5.41) is 5.73. The van der Waals surface area contributed by atoms with Gasteiger partial charge in [0, 0.05) is 32.4 Å². The topological polar surface area (TPSA) is 57.3 Å². The van der Waals surface area contributed by atoms with E-state index in [9.17, 15) is 4.79 Å². The minimum atomic E-state index is 0.0401. The van der Waals surface area contributed by atoms with Gasteiger partial charge >= 0.3 is 0 Å². The number of nitrogens with zero attached hydrogens (tertiary/aromatic N) is 2. The second-order valence-corrected chi connectivity index (χ2v) is 4.14. The molecule has 0 aromatic carbocycles. The van der Waals surface area contributed by atoms with Crippen LogP contribution in [0, 0.1) is 0 Å². The lowest BCUT2D eigenvalue weighted by molar-refractivity contribution is -0.121. The number of likely N-dealkylation sites (N-methyl/N-ethyl adjacent to an activating group) is 1. The number of aromatic nitrogens is 1. The van der Waals surface area contributed by atoms with Crippen molar-refractivity contribution in [1.29, 1.82) is 0 Å². The molecule has 0 spiro atoms. The highest BCUT2D eigenvalue weighted by atomic mass is 16.1. The van der Waals surface area contributed by atoms with E-state index >= 15 is 0 Å². The van der Waals surface area contributed by atoms with Crippen LogP contribution < -0.4 is 10.6 Å². The standard InChI is InChI=1S/C13H22N4O/c1-4-8-17(10-12(18)14-2)9-11-6-5-7-16-13(11)15-3/h5-7H,4,8-10H2,1-3H3,(H,14,18)(H,15,16). The molecule has 1 amide bonds. The number of amides is 1. The SMILES string of the molecule is CCCN(CC(=O)NC)Cc1cccnc1NC. The summed E-state index contributed by atoms with van der Waals surface area (Å²) in [7, 11) is 3.52. The summed E-state index contributed by atoms with van der Waals surface area (Å²) in [5.41, 5.74) is 1.11. The minimum absolute atomic E-state index is 0.0401. The van der Waals surface area contributed by atoms with Crippen LogP contribution in [0.1, 0.15) is 18.9 Å². The second kappa shape index (κ2) is 7.66. The number of anilines is 1. The summed E-state index contributed by atoms with van der Waals surface area (Å²) in [6, 6.07) is 3.95. The predicted octanol–water partition coefficient (Wildman–Crippen LogP) is 1.08. The largest absolute Gasteiger partial charge is 0.373 e. The Morgan fingerprint density at radius 2 is 2.22 bits per heavy atom. The molecule has 1 rings (SSSR count). The summed E-state index contributed by atoms with van der Waals surface area (Å²) >= 11 is 0. The summed E-state index contributed by atoms with van der Waals surface area (Å²) in [6.07, 6.45) is 2.78. The van der Waals surface area contributed by atoms with Crippen molar-refractivity contribution < 1.29 is 4.79 Å². The van der Waals surface area contributed by atoms with Crippen molar-refractivity contribution in [1.82, 2.24) is 15.2 Å². The van der Waals surface area contributed by atoms with Crippen LogP contribution in [0.2, 0.25) is 0 Å². The molecular formula is C13H22N4O. The Bertz CT molecular complexity index is 381. The highest BCUT2D eigenvalue weighted by Crippen LogP contribution is 2.13. The number of hydrogen-bond donors (Lipinski definition) is 2. The third-order valence-corrected chi connectivity index (χ3v) is 2.71. The summed E-state index contributed by atoms with van der Waals surface area (Å²) in [4.78, 5) is 17.9. The van der Waals surface area contributed by atoms with Gasteiger partial charge in [0.15, 0.2) is 0 Å². The zero-order valence-corrected chi connectivity index (χ0v) is 11.4. The molecule has 0 bridgehead atoms. The van der Waals surface area contributed by atoms with Crippen molar-refractivity contribution in [3.8, 4) is 0 Å². The molecule has 0 aliphatic rings. The fourth-order valence-corrected chi connectivity index (χ4v) is 1.84. The molecule has 1 heterocycles. The number of hydrogen-bond acceptors (Lipinski definition) is 4. The number of carbonyl (C=O) groups excluding carboxylic acids is 1. The van der Waals surface area contributed by atoms with Crippen LogP contribution in [0.5, 0.6) is 0 Å². The molecule has 1 aromatic rings. The van der Waals surface area contributed by atoms with Crippen molar-refractivity contribution in [3.63, 3.8) is 0 Å². The predicted molar refractivity (Wildman–Crippen MR) is 73.4 cm³/mol. The fourth-order valence-electron chi connectivity index (χ4n) is 1.84. The van der Waals surface area contributed by atoms with Gasteiger partial charge in [-0.15, -0.1) is 0 Å². The van der Waals surface area contributed by atoms with E-state index in [1.165, 1.54) is 0 Å². The molecule has 100 valence electrons. The lowest BCUT2D eigenvalue weighted by atomic mass is 10.2. The lowest BCUT2D eigenvalue weighted by Gasteiger charge is -2.21. The van der Waals surface area contributed by atoms with E-state index in [4.69, 9.17) is 0 Å². The first-order valence-corrected chi connectivity index (χ1v) is 6.25. The number of pyridine rings is 1. The first-order valence-electron chi connectivity index (χ1n) is 6.25. The van der Waals surface area contributed by atoms with Gasteiger partial charge < -0.3 is 10.6 Å². The maximum absolute atomic E-state index is 11.5. The molecule has 0 saturated carbocycles. The van der Waals surface area contributed by atoms with Crippen LogP contribution in [-0.4, -0.2) is 43.0 Å². The summed E-state index contributed by atoms with van der Waals surface area (Å²) in [6.45, 7) is 4.15. The van der Waals surface area contributed by atoms with E-state index in [1.807, 2.05) is 19.2 Å². The van der Waals surface area contributed by atoms with Crippen LogP contribution in [-0.2, 0) is 11.3 Å². The van der Waals surface area contributed by atoms with Crippen molar-refractivity contribution in [2.75, 3.05) is 32.5 Å². The van der Waals surface area contributed by atoms with E-state index in [2.05, 4.69) is 27.4 Å². The Morgan fingerprint density at radius 1 is 1.44 bits per heavy atom. The molecule has 1 aromatic heterocycles. The van der Waals surface area contributed by atoms with Gasteiger partial charge in [-0.25, -0.2) is 4.98 Å². The molecule has 0 unspecified atom stereocenters.